The second-order valence-electron chi connectivity index (χ2n) is 6.09. The van der Waals surface area contributed by atoms with Crippen LogP contribution < -0.4 is 5.73 Å². The maximum absolute atomic E-state index is 13.9. The number of hydrogen-bond acceptors (Lipinski definition) is 2. The van der Waals surface area contributed by atoms with E-state index in [2.05, 4.69) is 4.98 Å². The van der Waals surface area contributed by atoms with Crippen molar-refractivity contribution < 1.29 is 17.6 Å². The molecule has 2 unspecified atom stereocenters. The van der Waals surface area contributed by atoms with Crippen LogP contribution in [0.2, 0.25) is 5.02 Å². The van der Waals surface area contributed by atoms with Crippen molar-refractivity contribution >= 4 is 11.6 Å². The second kappa shape index (κ2) is 7.66. The molecule has 2 N–H and O–H groups in total. The number of benzene rings is 2. The summed E-state index contributed by atoms with van der Waals surface area (Å²) in [5.74, 6) is -1.57. The summed E-state index contributed by atoms with van der Waals surface area (Å²) in [6, 6.07) is 13.7. The summed E-state index contributed by atoms with van der Waals surface area (Å²) in [5, 5.41) is 0.421. The normalized spacial score (nSPS) is 14.0. The Morgan fingerprint density at radius 2 is 1.63 bits per heavy atom. The highest BCUT2D eigenvalue weighted by Crippen LogP contribution is 2.37. The second-order valence-corrected chi connectivity index (χ2v) is 6.52. The predicted molar refractivity (Wildman–Crippen MR) is 95.9 cm³/mol. The van der Waals surface area contributed by atoms with E-state index in [4.69, 9.17) is 17.3 Å². The van der Waals surface area contributed by atoms with E-state index < -0.39 is 29.5 Å². The number of nitrogens with zero attached hydrogens (tertiary/aromatic N) is 1. The smallest absolute Gasteiger partial charge is 0.323 e. The molecule has 0 spiro atoms. The van der Waals surface area contributed by atoms with Crippen LogP contribution in [0.3, 0.4) is 0 Å². The molecule has 0 aliphatic heterocycles. The van der Waals surface area contributed by atoms with Crippen molar-refractivity contribution in [3.05, 3.63) is 100 Å². The molecule has 2 atom stereocenters. The maximum Gasteiger partial charge on any atom is 0.416 e. The Labute approximate surface area is 158 Å². The minimum Gasteiger partial charge on any atom is -0.323 e. The number of rotatable bonds is 4. The van der Waals surface area contributed by atoms with Crippen molar-refractivity contribution in [2.75, 3.05) is 0 Å². The summed E-state index contributed by atoms with van der Waals surface area (Å²) < 4.78 is 53.1. The fourth-order valence-corrected chi connectivity index (χ4v) is 3.07. The quantitative estimate of drug-likeness (QED) is 0.574. The molecule has 2 nitrogen and oxygen atoms in total. The lowest BCUT2D eigenvalue weighted by molar-refractivity contribution is -0.137. The van der Waals surface area contributed by atoms with Crippen molar-refractivity contribution in [3.63, 3.8) is 0 Å². The molecule has 0 aliphatic carbocycles. The molecule has 140 valence electrons. The topological polar surface area (TPSA) is 38.9 Å². The van der Waals surface area contributed by atoms with Crippen LogP contribution in [-0.4, -0.2) is 4.98 Å². The van der Waals surface area contributed by atoms with Crippen molar-refractivity contribution in [1.82, 2.24) is 4.98 Å². The summed E-state index contributed by atoms with van der Waals surface area (Å²) in [6.07, 6.45) is -3.23. The fraction of sp³-hybridized carbons (Fsp3) is 0.150. The summed E-state index contributed by atoms with van der Waals surface area (Å²) >= 11 is 5.88. The Hall–Kier alpha value is -2.44. The fourth-order valence-electron chi connectivity index (χ4n) is 2.95. The van der Waals surface area contributed by atoms with Gasteiger partial charge in [0.25, 0.3) is 0 Å². The van der Waals surface area contributed by atoms with Gasteiger partial charge in [-0.1, -0.05) is 41.9 Å². The molecule has 27 heavy (non-hydrogen) atoms. The van der Waals surface area contributed by atoms with Crippen LogP contribution in [0.5, 0.6) is 0 Å². The van der Waals surface area contributed by atoms with E-state index in [9.17, 15) is 17.6 Å². The Kier molecular flexibility index (Phi) is 5.48. The van der Waals surface area contributed by atoms with Crippen LogP contribution in [0.1, 0.15) is 34.3 Å². The molecule has 3 aromatic rings. The van der Waals surface area contributed by atoms with Gasteiger partial charge in [-0.05, 0) is 41.5 Å². The third-order valence-electron chi connectivity index (χ3n) is 4.22. The number of aromatic nitrogens is 1. The van der Waals surface area contributed by atoms with Gasteiger partial charge < -0.3 is 5.73 Å². The highest BCUT2D eigenvalue weighted by Gasteiger charge is 2.33. The highest BCUT2D eigenvalue weighted by atomic mass is 35.5. The van der Waals surface area contributed by atoms with Gasteiger partial charge >= 0.3 is 6.18 Å². The van der Waals surface area contributed by atoms with E-state index >= 15 is 0 Å². The average Bonchev–Trinajstić information content (AvgIpc) is 2.63. The third kappa shape index (κ3) is 4.46. The lowest BCUT2D eigenvalue weighted by atomic mass is 9.84. The molecule has 1 aromatic heterocycles. The zero-order valence-corrected chi connectivity index (χ0v) is 14.7. The first-order valence-electron chi connectivity index (χ1n) is 8.05. The molecule has 2 aromatic carbocycles. The molecule has 0 bridgehead atoms. The van der Waals surface area contributed by atoms with E-state index in [1.807, 2.05) is 6.07 Å². The van der Waals surface area contributed by atoms with Crippen molar-refractivity contribution in [3.8, 4) is 0 Å². The van der Waals surface area contributed by atoms with Gasteiger partial charge in [0.15, 0.2) is 0 Å². The minimum atomic E-state index is -4.67. The Bertz CT molecular complexity index is 912. The van der Waals surface area contributed by atoms with Gasteiger partial charge in [0.2, 0.25) is 0 Å². The SMILES string of the molecule is NC(c1cc(F)cc(C(F)(F)F)c1)C(c1ccccc1)c1ccc(Cl)cn1. The first kappa shape index (κ1) is 19.3. The Morgan fingerprint density at radius 1 is 0.926 bits per heavy atom. The molecule has 0 fully saturated rings. The third-order valence-corrected chi connectivity index (χ3v) is 4.44. The Morgan fingerprint density at radius 3 is 2.22 bits per heavy atom. The van der Waals surface area contributed by atoms with Crippen LogP contribution in [-0.2, 0) is 6.18 Å². The predicted octanol–water partition coefficient (Wildman–Crippen LogP) is 5.72. The summed E-state index contributed by atoms with van der Waals surface area (Å²) in [7, 11) is 0. The Balaban J connectivity index is 2.10. The number of alkyl halides is 3. The maximum atomic E-state index is 13.9. The lowest BCUT2D eigenvalue weighted by Gasteiger charge is -2.25. The first-order valence-corrected chi connectivity index (χ1v) is 8.43. The molecule has 0 amide bonds. The molecular formula is C20H15ClF4N2. The zero-order valence-electron chi connectivity index (χ0n) is 13.9. The highest BCUT2D eigenvalue weighted by molar-refractivity contribution is 6.30. The van der Waals surface area contributed by atoms with Gasteiger partial charge in [0, 0.05) is 23.9 Å². The van der Waals surface area contributed by atoms with E-state index in [1.54, 1.807) is 36.4 Å². The van der Waals surface area contributed by atoms with Crippen LogP contribution in [0, 0.1) is 5.82 Å². The average molecular weight is 395 g/mol. The largest absolute Gasteiger partial charge is 0.416 e. The van der Waals surface area contributed by atoms with Gasteiger partial charge in [0.05, 0.1) is 10.6 Å². The van der Waals surface area contributed by atoms with E-state index in [1.165, 1.54) is 6.20 Å². The van der Waals surface area contributed by atoms with Gasteiger partial charge in [-0.15, -0.1) is 0 Å². The van der Waals surface area contributed by atoms with E-state index in [0.717, 1.165) is 17.7 Å². The standard InChI is InChI=1S/C20H15ClF4N2/c21-15-6-7-17(27-11-15)18(12-4-2-1-3-5-12)19(26)13-8-14(20(23,24)25)10-16(22)9-13/h1-11,18-19H,26H2. The first-order chi connectivity index (χ1) is 12.8. The van der Waals surface area contributed by atoms with E-state index in [-0.39, 0.29) is 5.56 Å². The minimum absolute atomic E-state index is 0.0351. The monoisotopic (exact) mass is 394 g/mol. The van der Waals surface area contributed by atoms with Gasteiger partial charge in [0.1, 0.15) is 5.82 Å². The summed E-state index contributed by atoms with van der Waals surface area (Å²) in [5.41, 5.74) is 6.54. The number of nitrogens with two attached hydrogens (primary N) is 1. The molecule has 7 heteroatoms. The molecule has 3 rings (SSSR count). The zero-order chi connectivity index (χ0) is 19.6. The van der Waals surface area contributed by atoms with Gasteiger partial charge in [-0.25, -0.2) is 4.39 Å². The molecule has 0 saturated carbocycles. The van der Waals surface area contributed by atoms with Crippen LogP contribution in [0.25, 0.3) is 0 Å². The van der Waals surface area contributed by atoms with E-state index in [0.29, 0.717) is 16.8 Å². The molecular weight excluding hydrogens is 380 g/mol. The summed E-state index contributed by atoms with van der Waals surface area (Å²) in [6.45, 7) is 0. The number of pyridine rings is 1. The van der Waals surface area contributed by atoms with Crippen molar-refractivity contribution in [2.45, 2.75) is 18.1 Å². The van der Waals surface area contributed by atoms with Crippen LogP contribution >= 0.6 is 11.6 Å². The van der Waals surface area contributed by atoms with Gasteiger partial charge in [-0.2, -0.15) is 13.2 Å². The molecule has 1 heterocycles. The van der Waals surface area contributed by atoms with Crippen LogP contribution in [0.4, 0.5) is 17.6 Å². The van der Waals surface area contributed by atoms with Crippen LogP contribution in [0.15, 0.2) is 66.9 Å². The molecule has 0 saturated heterocycles. The van der Waals surface area contributed by atoms with Crippen molar-refractivity contribution in [2.24, 2.45) is 5.73 Å². The van der Waals surface area contributed by atoms with Gasteiger partial charge in [-0.3, -0.25) is 4.98 Å². The number of halogens is 5. The van der Waals surface area contributed by atoms with Crippen molar-refractivity contribution in [1.29, 1.82) is 0 Å². The summed E-state index contributed by atoms with van der Waals surface area (Å²) in [4.78, 5) is 4.27. The number of hydrogen-bond donors (Lipinski definition) is 1. The molecule has 0 aliphatic rings. The molecule has 0 radical (unpaired) electrons. The lowest BCUT2D eigenvalue weighted by Crippen LogP contribution is -2.22.